The second-order valence-corrected chi connectivity index (χ2v) is 7.49. The molecule has 156 valence electrons. The van der Waals surface area contributed by atoms with Crippen molar-refractivity contribution >= 4 is 5.78 Å². The van der Waals surface area contributed by atoms with Gasteiger partial charge in [-0.25, -0.2) is 0 Å². The first-order valence-corrected chi connectivity index (χ1v) is 9.31. The van der Waals surface area contributed by atoms with E-state index in [1.807, 2.05) is 19.9 Å². The molecule has 1 aliphatic heterocycles. The Morgan fingerprint density at radius 3 is 2.62 bits per heavy atom. The third kappa shape index (κ3) is 3.63. The highest BCUT2D eigenvalue weighted by Gasteiger charge is 2.51. The van der Waals surface area contributed by atoms with Gasteiger partial charge in [0.2, 0.25) is 5.78 Å². The molecule has 3 N–H and O–H groups in total. The molecule has 0 amide bonds. The molecule has 29 heavy (non-hydrogen) atoms. The summed E-state index contributed by atoms with van der Waals surface area (Å²) < 4.78 is 16.7. The van der Waals surface area contributed by atoms with Gasteiger partial charge in [-0.2, -0.15) is 0 Å². The number of benzene rings is 1. The molecular formula is C22H26O7. The van der Waals surface area contributed by atoms with Crippen molar-refractivity contribution in [2.24, 2.45) is 5.92 Å². The number of rotatable bonds is 5. The van der Waals surface area contributed by atoms with Gasteiger partial charge in [-0.15, -0.1) is 0 Å². The van der Waals surface area contributed by atoms with Gasteiger partial charge in [-0.1, -0.05) is 17.7 Å². The average molecular weight is 402 g/mol. The van der Waals surface area contributed by atoms with Crippen LogP contribution in [0.3, 0.4) is 0 Å². The van der Waals surface area contributed by atoms with Crippen LogP contribution in [0.25, 0.3) is 0 Å². The van der Waals surface area contributed by atoms with Crippen molar-refractivity contribution in [2.75, 3.05) is 20.8 Å². The summed E-state index contributed by atoms with van der Waals surface area (Å²) in [4.78, 5) is 13.2. The van der Waals surface area contributed by atoms with Crippen molar-refractivity contribution in [3.63, 3.8) is 0 Å². The molecule has 0 aromatic heterocycles. The van der Waals surface area contributed by atoms with E-state index in [-0.39, 0.29) is 29.6 Å². The van der Waals surface area contributed by atoms with E-state index < -0.39 is 23.2 Å². The second kappa shape index (κ2) is 7.93. The number of phenolic OH excluding ortho intramolecular Hbond substituents is 2. The number of ether oxygens (including phenoxy) is 3. The van der Waals surface area contributed by atoms with Crippen LogP contribution in [-0.4, -0.2) is 53.6 Å². The summed E-state index contributed by atoms with van der Waals surface area (Å²) in [5.41, 5.74) is -0.743. The zero-order valence-corrected chi connectivity index (χ0v) is 16.9. The van der Waals surface area contributed by atoms with Gasteiger partial charge in [0.25, 0.3) is 0 Å². The van der Waals surface area contributed by atoms with Crippen LogP contribution in [0.2, 0.25) is 0 Å². The van der Waals surface area contributed by atoms with Gasteiger partial charge in [0, 0.05) is 24.8 Å². The van der Waals surface area contributed by atoms with Gasteiger partial charge in [0.1, 0.15) is 35.2 Å². The molecular weight excluding hydrogens is 376 g/mol. The van der Waals surface area contributed by atoms with Gasteiger partial charge in [-0.05, 0) is 26.3 Å². The van der Waals surface area contributed by atoms with Crippen molar-refractivity contribution in [2.45, 2.75) is 32.0 Å². The Kier molecular flexibility index (Phi) is 5.73. The summed E-state index contributed by atoms with van der Waals surface area (Å²) >= 11 is 0. The van der Waals surface area contributed by atoms with E-state index in [2.05, 4.69) is 0 Å². The number of phenols is 2. The van der Waals surface area contributed by atoms with E-state index in [1.54, 1.807) is 19.3 Å². The maximum atomic E-state index is 13.2. The summed E-state index contributed by atoms with van der Waals surface area (Å²) in [6.07, 6.45) is 5.32. The minimum atomic E-state index is -2.03. The van der Waals surface area contributed by atoms with Gasteiger partial charge in [-0.3, -0.25) is 4.79 Å². The molecule has 0 radical (unpaired) electrons. The van der Waals surface area contributed by atoms with E-state index in [1.165, 1.54) is 13.2 Å². The lowest BCUT2D eigenvalue weighted by molar-refractivity contribution is -0.0124. The van der Waals surface area contributed by atoms with Gasteiger partial charge >= 0.3 is 0 Å². The first-order chi connectivity index (χ1) is 13.7. The van der Waals surface area contributed by atoms with E-state index >= 15 is 0 Å². The summed E-state index contributed by atoms with van der Waals surface area (Å²) in [5, 5.41) is 31.2. The van der Waals surface area contributed by atoms with Crippen molar-refractivity contribution in [1.29, 1.82) is 0 Å². The average Bonchev–Trinajstić information content (AvgIpc) is 2.67. The summed E-state index contributed by atoms with van der Waals surface area (Å²) in [6.45, 7) is 3.61. The molecule has 0 bridgehead atoms. The minimum Gasteiger partial charge on any atom is -0.508 e. The lowest BCUT2D eigenvalue weighted by Crippen LogP contribution is -2.53. The lowest BCUT2D eigenvalue weighted by atomic mass is 9.74. The predicted molar refractivity (Wildman–Crippen MR) is 106 cm³/mol. The van der Waals surface area contributed by atoms with Gasteiger partial charge in [0.15, 0.2) is 5.60 Å². The van der Waals surface area contributed by atoms with Crippen molar-refractivity contribution in [1.82, 2.24) is 0 Å². The largest absolute Gasteiger partial charge is 0.508 e. The SMILES string of the molecule is COC1=CC=C([C@@]2(O)COc3cc(O)cc(O)c3C2=O)[C@H](OC)[C@H]1CC=C(C)C. The topological polar surface area (TPSA) is 105 Å². The van der Waals surface area contributed by atoms with Crippen molar-refractivity contribution < 1.29 is 34.3 Å². The molecule has 1 aromatic carbocycles. The molecule has 1 heterocycles. The third-order valence-corrected chi connectivity index (χ3v) is 5.32. The molecule has 7 nitrogen and oxygen atoms in total. The lowest BCUT2D eigenvalue weighted by Gasteiger charge is -2.40. The maximum absolute atomic E-state index is 13.2. The number of carbonyl (C=O) groups excluding carboxylic acids is 1. The number of Topliss-reactive ketones (excluding diaryl/α,β-unsaturated/α-hetero) is 1. The zero-order chi connectivity index (χ0) is 21.3. The van der Waals surface area contributed by atoms with Crippen LogP contribution in [0.15, 0.2) is 47.3 Å². The Morgan fingerprint density at radius 1 is 1.28 bits per heavy atom. The molecule has 0 saturated heterocycles. The minimum absolute atomic E-state index is 0.0248. The highest BCUT2D eigenvalue weighted by Crippen LogP contribution is 2.44. The Hall–Kier alpha value is -2.77. The molecule has 0 unspecified atom stereocenters. The van der Waals surface area contributed by atoms with Crippen LogP contribution >= 0.6 is 0 Å². The standard InChI is InChI=1S/C22H26O7/c1-12(2)5-6-14-17(27-3)8-7-15(20(14)28-4)22(26)11-29-18-10-13(23)9-16(24)19(18)21(22)25/h5,7-10,14,20,23-24,26H,6,11H2,1-4H3/t14-,20+,22-/m0/s1. The molecule has 1 aliphatic carbocycles. The predicted octanol–water partition coefficient (Wildman–Crippen LogP) is 2.86. The van der Waals surface area contributed by atoms with Crippen LogP contribution in [0.4, 0.5) is 0 Å². The number of hydrogen-bond acceptors (Lipinski definition) is 7. The number of ketones is 1. The first kappa shape index (κ1) is 21.0. The zero-order valence-electron chi connectivity index (χ0n) is 16.9. The fourth-order valence-electron chi connectivity index (χ4n) is 3.84. The van der Waals surface area contributed by atoms with Crippen molar-refractivity contribution in [3.8, 4) is 17.2 Å². The smallest absolute Gasteiger partial charge is 0.209 e. The van der Waals surface area contributed by atoms with Gasteiger partial charge in [0.05, 0.1) is 19.1 Å². The molecule has 3 rings (SSSR count). The molecule has 2 aliphatic rings. The Bertz CT molecular complexity index is 908. The third-order valence-electron chi connectivity index (χ3n) is 5.32. The van der Waals surface area contributed by atoms with E-state index in [4.69, 9.17) is 14.2 Å². The molecule has 0 saturated carbocycles. The van der Waals surface area contributed by atoms with Crippen LogP contribution in [-0.2, 0) is 9.47 Å². The Labute approximate surface area is 169 Å². The number of carbonyl (C=O) groups is 1. The monoisotopic (exact) mass is 402 g/mol. The first-order valence-electron chi connectivity index (χ1n) is 9.31. The number of fused-ring (bicyclic) bond motifs is 1. The van der Waals surface area contributed by atoms with Crippen LogP contribution < -0.4 is 4.74 Å². The Morgan fingerprint density at radius 2 is 2.00 bits per heavy atom. The second-order valence-electron chi connectivity index (χ2n) is 7.49. The summed E-state index contributed by atoms with van der Waals surface area (Å²) in [5.74, 6) is -0.939. The molecule has 0 fully saturated rings. The van der Waals surface area contributed by atoms with Gasteiger partial charge < -0.3 is 29.5 Å². The number of methoxy groups -OCH3 is 2. The van der Waals surface area contributed by atoms with Crippen LogP contribution in [0.1, 0.15) is 30.6 Å². The highest BCUT2D eigenvalue weighted by molar-refractivity contribution is 6.09. The van der Waals surface area contributed by atoms with Crippen LogP contribution in [0.5, 0.6) is 17.2 Å². The van der Waals surface area contributed by atoms with Crippen molar-refractivity contribution in [3.05, 3.63) is 52.8 Å². The molecule has 7 heteroatoms. The number of allylic oxidation sites excluding steroid dienone is 4. The number of aliphatic hydroxyl groups is 1. The van der Waals surface area contributed by atoms with E-state index in [0.717, 1.165) is 11.6 Å². The summed E-state index contributed by atoms with van der Waals surface area (Å²) in [6, 6.07) is 2.27. The quantitative estimate of drug-likeness (QED) is 0.651. The fraction of sp³-hybridized carbons (Fsp3) is 0.409. The van der Waals surface area contributed by atoms with E-state index in [9.17, 15) is 20.1 Å². The number of aromatic hydroxyl groups is 2. The molecule has 0 spiro atoms. The fourth-order valence-corrected chi connectivity index (χ4v) is 3.84. The molecule has 1 aromatic rings. The highest BCUT2D eigenvalue weighted by atomic mass is 16.5. The summed E-state index contributed by atoms with van der Waals surface area (Å²) in [7, 11) is 3.07. The van der Waals surface area contributed by atoms with Crippen LogP contribution in [0, 0.1) is 5.92 Å². The maximum Gasteiger partial charge on any atom is 0.209 e. The Balaban J connectivity index is 2.06. The normalized spacial score (nSPS) is 26.0. The number of hydrogen-bond donors (Lipinski definition) is 3. The molecule has 3 atom stereocenters. The van der Waals surface area contributed by atoms with E-state index in [0.29, 0.717) is 17.8 Å².